The first-order chi connectivity index (χ1) is 8.19. The predicted molar refractivity (Wildman–Crippen MR) is 62.5 cm³/mol. The monoisotopic (exact) mass is 240 g/mol. The van der Waals surface area contributed by atoms with Gasteiger partial charge in [-0.05, 0) is 25.7 Å². The zero-order chi connectivity index (χ0) is 12.3. The van der Waals surface area contributed by atoms with Crippen LogP contribution in [0.5, 0.6) is 0 Å². The second kappa shape index (κ2) is 5.04. The highest BCUT2D eigenvalue weighted by Crippen LogP contribution is 2.34. The van der Waals surface area contributed by atoms with Crippen molar-refractivity contribution in [1.82, 2.24) is 10.6 Å². The molecule has 1 heterocycles. The van der Waals surface area contributed by atoms with Crippen LogP contribution in [-0.4, -0.2) is 30.7 Å². The average Bonchev–Trinajstić information content (AvgIpc) is 2.64. The van der Waals surface area contributed by atoms with Gasteiger partial charge in [0.25, 0.3) is 5.91 Å². The van der Waals surface area contributed by atoms with Crippen LogP contribution in [0.4, 0.5) is 4.79 Å². The van der Waals surface area contributed by atoms with E-state index in [1.54, 1.807) is 0 Å². The number of hydrogen-bond donors (Lipinski definition) is 2. The molecule has 2 fully saturated rings. The summed E-state index contributed by atoms with van der Waals surface area (Å²) in [5, 5.41) is 5.14. The normalized spacial score (nSPS) is 30.2. The average molecular weight is 240 g/mol. The zero-order valence-corrected chi connectivity index (χ0v) is 10.3. The van der Waals surface area contributed by atoms with Crippen molar-refractivity contribution in [2.75, 3.05) is 13.2 Å². The van der Waals surface area contributed by atoms with Crippen LogP contribution in [0.15, 0.2) is 0 Å². The Labute approximate surface area is 101 Å². The summed E-state index contributed by atoms with van der Waals surface area (Å²) < 4.78 is 5.42. The summed E-state index contributed by atoms with van der Waals surface area (Å²) >= 11 is 0. The standard InChI is InChI=1S/C12H20N2O3/c1-2-17-8-12(9-6-4-3-5-7-9)10(15)13-11(16)14-12/h9H,2-8H2,1H3,(H2,13,14,15,16). The molecular weight excluding hydrogens is 220 g/mol. The fourth-order valence-corrected chi connectivity index (χ4v) is 2.87. The minimum Gasteiger partial charge on any atom is -0.379 e. The summed E-state index contributed by atoms with van der Waals surface area (Å²) in [6.07, 6.45) is 5.45. The number of hydrogen-bond acceptors (Lipinski definition) is 3. The number of rotatable bonds is 4. The predicted octanol–water partition coefficient (Wildman–Crippen LogP) is 1.18. The van der Waals surface area contributed by atoms with Gasteiger partial charge in [-0.3, -0.25) is 10.1 Å². The van der Waals surface area contributed by atoms with Gasteiger partial charge in [-0.25, -0.2) is 4.79 Å². The highest BCUT2D eigenvalue weighted by Gasteiger charge is 2.51. The van der Waals surface area contributed by atoms with Crippen molar-refractivity contribution in [2.45, 2.75) is 44.6 Å². The van der Waals surface area contributed by atoms with Crippen LogP contribution in [0.3, 0.4) is 0 Å². The van der Waals surface area contributed by atoms with Crippen LogP contribution in [0.2, 0.25) is 0 Å². The lowest BCUT2D eigenvalue weighted by Crippen LogP contribution is -2.57. The summed E-state index contributed by atoms with van der Waals surface area (Å²) in [4.78, 5) is 23.4. The second-order valence-electron chi connectivity index (χ2n) is 4.85. The molecule has 0 aromatic carbocycles. The molecule has 1 aliphatic carbocycles. The topological polar surface area (TPSA) is 67.4 Å². The van der Waals surface area contributed by atoms with Crippen molar-refractivity contribution in [2.24, 2.45) is 5.92 Å². The molecule has 0 radical (unpaired) electrons. The maximum Gasteiger partial charge on any atom is 0.322 e. The molecule has 2 N–H and O–H groups in total. The maximum atomic E-state index is 12.0. The smallest absolute Gasteiger partial charge is 0.322 e. The molecule has 17 heavy (non-hydrogen) atoms. The summed E-state index contributed by atoms with van der Waals surface area (Å²) in [5.74, 6) is -0.0166. The first-order valence-electron chi connectivity index (χ1n) is 6.40. The van der Waals surface area contributed by atoms with Crippen LogP contribution >= 0.6 is 0 Å². The third-order valence-corrected chi connectivity index (χ3v) is 3.80. The number of urea groups is 1. The lowest BCUT2D eigenvalue weighted by atomic mass is 9.75. The van der Waals surface area contributed by atoms with E-state index in [9.17, 15) is 9.59 Å². The molecule has 1 saturated carbocycles. The fourth-order valence-electron chi connectivity index (χ4n) is 2.87. The molecule has 0 aromatic rings. The summed E-state index contributed by atoms with van der Waals surface area (Å²) in [7, 11) is 0. The van der Waals surface area contributed by atoms with Crippen molar-refractivity contribution in [3.8, 4) is 0 Å². The van der Waals surface area contributed by atoms with Gasteiger partial charge in [-0.1, -0.05) is 19.3 Å². The van der Waals surface area contributed by atoms with Gasteiger partial charge in [-0.2, -0.15) is 0 Å². The molecule has 1 atom stereocenters. The van der Waals surface area contributed by atoms with Crippen LogP contribution in [-0.2, 0) is 9.53 Å². The Morgan fingerprint density at radius 1 is 1.29 bits per heavy atom. The minimum absolute atomic E-state index is 0.203. The molecule has 0 bridgehead atoms. The Balaban J connectivity index is 2.16. The SMILES string of the molecule is CCOCC1(C2CCCCC2)NC(=O)NC1=O. The molecule has 1 saturated heterocycles. The van der Waals surface area contributed by atoms with Crippen molar-refractivity contribution in [3.63, 3.8) is 0 Å². The van der Waals surface area contributed by atoms with Crippen LogP contribution < -0.4 is 10.6 Å². The number of imide groups is 1. The molecule has 0 spiro atoms. The molecule has 1 unspecified atom stereocenters. The molecule has 2 rings (SSSR count). The third kappa shape index (κ3) is 2.29. The summed E-state index contributed by atoms with van der Waals surface area (Å²) in [6, 6.07) is -0.389. The van der Waals surface area contributed by atoms with Crippen LogP contribution in [0, 0.1) is 5.92 Å². The van der Waals surface area contributed by atoms with E-state index in [0.29, 0.717) is 6.61 Å². The Kier molecular flexibility index (Phi) is 3.66. The van der Waals surface area contributed by atoms with E-state index in [0.717, 1.165) is 25.7 Å². The van der Waals surface area contributed by atoms with Crippen molar-refractivity contribution in [3.05, 3.63) is 0 Å². The van der Waals surface area contributed by atoms with E-state index in [4.69, 9.17) is 4.74 Å². The molecule has 5 heteroatoms. The quantitative estimate of drug-likeness (QED) is 0.725. The largest absolute Gasteiger partial charge is 0.379 e. The van der Waals surface area contributed by atoms with Gasteiger partial charge in [0.15, 0.2) is 0 Å². The number of carbonyl (C=O) groups excluding carboxylic acids is 2. The summed E-state index contributed by atoms with van der Waals surface area (Å²) in [6.45, 7) is 2.73. The summed E-state index contributed by atoms with van der Waals surface area (Å²) in [5.41, 5.74) is -0.826. The Morgan fingerprint density at radius 3 is 2.53 bits per heavy atom. The molecule has 2 aliphatic rings. The van der Waals surface area contributed by atoms with Gasteiger partial charge >= 0.3 is 6.03 Å². The van der Waals surface area contributed by atoms with Crippen molar-refractivity contribution >= 4 is 11.9 Å². The van der Waals surface area contributed by atoms with E-state index in [1.807, 2.05) is 6.92 Å². The van der Waals surface area contributed by atoms with Gasteiger partial charge in [0.05, 0.1) is 6.61 Å². The second-order valence-corrected chi connectivity index (χ2v) is 4.85. The maximum absolute atomic E-state index is 12.0. The molecule has 96 valence electrons. The van der Waals surface area contributed by atoms with Gasteiger partial charge in [0.2, 0.25) is 0 Å². The van der Waals surface area contributed by atoms with E-state index < -0.39 is 5.54 Å². The fraction of sp³-hybridized carbons (Fsp3) is 0.833. The number of nitrogens with one attached hydrogen (secondary N) is 2. The molecule has 3 amide bonds. The van der Waals surface area contributed by atoms with E-state index >= 15 is 0 Å². The first kappa shape index (κ1) is 12.4. The number of ether oxygens (including phenoxy) is 1. The lowest BCUT2D eigenvalue weighted by molar-refractivity contribution is -0.129. The van der Waals surface area contributed by atoms with Crippen LogP contribution in [0.1, 0.15) is 39.0 Å². The third-order valence-electron chi connectivity index (χ3n) is 3.80. The van der Waals surface area contributed by atoms with Crippen LogP contribution in [0.25, 0.3) is 0 Å². The zero-order valence-electron chi connectivity index (χ0n) is 10.3. The van der Waals surface area contributed by atoms with Crippen molar-refractivity contribution < 1.29 is 14.3 Å². The van der Waals surface area contributed by atoms with Crippen molar-refractivity contribution in [1.29, 1.82) is 0 Å². The van der Waals surface area contributed by atoms with Gasteiger partial charge in [-0.15, -0.1) is 0 Å². The highest BCUT2D eigenvalue weighted by molar-refractivity contribution is 6.07. The molecule has 1 aliphatic heterocycles. The van der Waals surface area contributed by atoms with Gasteiger partial charge in [0, 0.05) is 6.61 Å². The number of amides is 3. The Morgan fingerprint density at radius 2 is 2.00 bits per heavy atom. The van der Waals surface area contributed by atoms with E-state index in [-0.39, 0.29) is 24.5 Å². The Hall–Kier alpha value is -1.10. The number of carbonyl (C=O) groups is 2. The first-order valence-corrected chi connectivity index (χ1v) is 6.40. The molecule has 0 aromatic heterocycles. The van der Waals surface area contributed by atoms with Gasteiger partial charge in [0.1, 0.15) is 5.54 Å². The minimum atomic E-state index is -0.826. The van der Waals surface area contributed by atoms with E-state index in [1.165, 1.54) is 6.42 Å². The highest BCUT2D eigenvalue weighted by atomic mass is 16.5. The molecular formula is C12H20N2O3. The Bertz CT molecular complexity index is 313. The molecule has 5 nitrogen and oxygen atoms in total. The van der Waals surface area contributed by atoms with Gasteiger partial charge < -0.3 is 10.1 Å². The van der Waals surface area contributed by atoms with E-state index in [2.05, 4.69) is 10.6 Å². The lowest BCUT2D eigenvalue weighted by Gasteiger charge is -2.36.